The van der Waals surface area contributed by atoms with Crippen LogP contribution in [0.1, 0.15) is 12.5 Å². The van der Waals surface area contributed by atoms with E-state index in [0.717, 1.165) is 5.56 Å². The van der Waals surface area contributed by atoms with Crippen molar-refractivity contribution in [1.29, 1.82) is 0 Å². The smallest absolute Gasteiger partial charge is 0.196 e. The quantitative estimate of drug-likeness (QED) is 0.660. The van der Waals surface area contributed by atoms with E-state index in [1.54, 1.807) is 6.07 Å². The standard InChI is InChI=1S/C7H7ClO2/c1-5(9)4-6-2-3-10-7(6)8/h2-3H,4H2,1H3. The van der Waals surface area contributed by atoms with Gasteiger partial charge in [0.05, 0.1) is 6.26 Å². The highest BCUT2D eigenvalue weighted by Crippen LogP contribution is 2.16. The third kappa shape index (κ3) is 1.61. The molecule has 0 saturated carbocycles. The van der Waals surface area contributed by atoms with Gasteiger partial charge in [0.2, 0.25) is 0 Å². The molecule has 0 aromatic carbocycles. The Balaban J connectivity index is 2.74. The maximum atomic E-state index is 10.6. The van der Waals surface area contributed by atoms with Crippen molar-refractivity contribution in [2.75, 3.05) is 0 Å². The van der Waals surface area contributed by atoms with Gasteiger partial charge in [-0.3, -0.25) is 4.79 Å². The van der Waals surface area contributed by atoms with Crippen molar-refractivity contribution in [3.63, 3.8) is 0 Å². The second kappa shape index (κ2) is 2.88. The Hall–Kier alpha value is -0.760. The van der Waals surface area contributed by atoms with Gasteiger partial charge in [-0.1, -0.05) is 0 Å². The van der Waals surface area contributed by atoms with Crippen molar-refractivity contribution in [1.82, 2.24) is 0 Å². The first-order valence-corrected chi connectivity index (χ1v) is 3.29. The highest BCUT2D eigenvalue weighted by atomic mass is 35.5. The van der Waals surface area contributed by atoms with E-state index in [4.69, 9.17) is 16.0 Å². The van der Waals surface area contributed by atoms with Crippen LogP contribution >= 0.6 is 11.6 Å². The Bertz CT molecular complexity index is 240. The van der Waals surface area contributed by atoms with Crippen LogP contribution in [0.2, 0.25) is 5.22 Å². The van der Waals surface area contributed by atoms with E-state index < -0.39 is 0 Å². The second-order valence-corrected chi connectivity index (χ2v) is 2.44. The van der Waals surface area contributed by atoms with Crippen molar-refractivity contribution < 1.29 is 9.21 Å². The molecule has 0 spiro atoms. The van der Waals surface area contributed by atoms with Gasteiger partial charge in [0, 0.05) is 12.0 Å². The van der Waals surface area contributed by atoms with Crippen molar-refractivity contribution in [2.45, 2.75) is 13.3 Å². The molecule has 0 unspecified atom stereocenters. The van der Waals surface area contributed by atoms with Gasteiger partial charge >= 0.3 is 0 Å². The molecule has 0 radical (unpaired) electrons. The van der Waals surface area contributed by atoms with Gasteiger partial charge < -0.3 is 4.42 Å². The van der Waals surface area contributed by atoms with Crippen molar-refractivity contribution >= 4 is 17.4 Å². The summed E-state index contributed by atoms with van der Waals surface area (Å²) in [7, 11) is 0. The number of hydrogen-bond donors (Lipinski definition) is 0. The topological polar surface area (TPSA) is 30.2 Å². The zero-order chi connectivity index (χ0) is 7.56. The Morgan fingerprint density at radius 3 is 2.90 bits per heavy atom. The van der Waals surface area contributed by atoms with Crippen molar-refractivity contribution in [2.24, 2.45) is 0 Å². The van der Waals surface area contributed by atoms with Crippen LogP contribution in [0.15, 0.2) is 16.7 Å². The van der Waals surface area contributed by atoms with Crippen LogP contribution in [0.5, 0.6) is 0 Å². The zero-order valence-corrected chi connectivity index (χ0v) is 6.31. The number of carbonyl (C=O) groups excluding carboxylic acids is 1. The molecule has 10 heavy (non-hydrogen) atoms. The summed E-state index contributed by atoms with van der Waals surface area (Å²) in [6.45, 7) is 1.52. The van der Waals surface area contributed by atoms with Crippen LogP contribution in [0, 0.1) is 0 Å². The molecule has 0 aliphatic heterocycles. The minimum absolute atomic E-state index is 0.0864. The predicted octanol–water partition coefficient (Wildman–Crippen LogP) is 2.06. The van der Waals surface area contributed by atoms with Crippen LogP contribution in [0.4, 0.5) is 0 Å². The van der Waals surface area contributed by atoms with Gasteiger partial charge in [0.25, 0.3) is 0 Å². The Morgan fingerprint density at radius 2 is 2.50 bits per heavy atom. The maximum Gasteiger partial charge on any atom is 0.196 e. The molecule has 0 atom stereocenters. The van der Waals surface area contributed by atoms with Gasteiger partial charge in [0.15, 0.2) is 5.22 Å². The molecule has 54 valence electrons. The molecule has 0 saturated heterocycles. The Morgan fingerprint density at radius 1 is 1.80 bits per heavy atom. The van der Waals surface area contributed by atoms with E-state index in [1.165, 1.54) is 13.2 Å². The molecule has 1 rings (SSSR count). The average Bonchev–Trinajstić information content (AvgIpc) is 2.15. The molecule has 2 nitrogen and oxygen atoms in total. The molecule has 0 N–H and O–H groups in total. The monoisotopic (exact) mass is 158 g/mol. The minimum Gasteiger partial charge on any atom is -0.453 e. The average molecular weight is 159 g/mol. The first kappa shape index (κ1) is 7.35. The molecule has 1 aromatic heterocycles. The maximum absolute atomic E-state index is 10.6. The van der Waals surface area contributed by atoms with E-state index in [9.17, 15) is 4.79 Å². The number of ketones is 1. The van der Waals surface area contributed by atoms with Crippen molar-refractivity contribution in [3.05, 3.63) is 23.1 Å². The van der Waals surface area contributed by atoms with Crippen LogP contribution < -0.4 is 0 Å². The summed E-state index contributed by atoms with van der Waals surface area (Å²) in [4.78, 5) is 10.6. The van der Waals surface area contributed by atoms with E-state index >= 15 is 0 Å². The van der Waals surface area contributed by atoms with E-state index in [0.29, 0.717) is 11.6 Å². The first-order chi connectivity index (χ1) is 4.70. The fourth-order valence-electron chi connectivity index (χ4n) is 0.714. The predicted molar refractivity (Wildman–Crippen MR) is 38.1 cm³/mol. The molecule has 1 aromatic rings. The van der Waals surface area contributed by atoms with E-state index in [-0.39, 0.29) is 5.78 Å². The summed E-state index contributed by atoms with van der Waals surface area (Å²) in [5.41, 5.74) is 0.758. The molecule has 0 bridgehead atoms. The van der Waals surface area contributed by atoms with Gasteiger partial charge in [-0.25, -0.2) is 0 Å². The SMILES string of the molecule is CC(=O)Cc1ccoc1Cl. The van der Waals surface area contributed by atoms with Crippen LogP contribution in [0.3, 0.4) is 0 Å². The number of Topliss-reactive ketones (excluding diaryl/α,β-unsaturated/α-hetero) is 1. The lowest BCUT2D eigenvalue weighted by molar-refractivity contribution is -0.116. The molecule has 0 aliphatic rings. The lowest BCUT2D eigenvalue weighted by atomic mass is 10.2. The summed E-state index contributed by atoms with van der Waals surface area (Å²) in [5.74, 6) is 0.0864. The fraction of sp³-hybridized carbons (Fsp3) is 0.286. The molecular formula is C7H7ClO2. The van der Waals surface area contributed by atoms with Crippen LogP contribution in [0.25, 0.3) is 0 Å². The van der Waals surface area contributed by atoms with Gasteiger partial charge in [-0.2, -0.15) is 0 Å². The summed E-state index contributed by atoms with van der Waals surface area (Å²) >= 11 is 5.56. The zero-order valence-electron chi connectivity index (χ0n) is 5.56. The van der Waals surface area contributed by atoms with Crippen molar-refractivity contribution in [3.8, 4) is 0 Å². The largest absolute Gasteiger partial charge is 0.453 e. The fourth-order valence-corrected chi connectivity index (χ4v) is 0.895. The molecular weight excluding hydrogens is 152 g/mol. The highest BCUT2D eigenvalue weighted by Gasteiger charge is 2.04. The third-order valence-electron chi connectivity index (χ3n) is 1.13. The second-order valence-electron chi connectivity index (χ2n) is 2.10. The molecule has 0 fully saturated rings. The Labute approximate surface area is 63.8 Å². The van der Waals surface area contributed by atoms with Crippen LogP contribution in [-0.2, 0) is 11.2 Å². The summed E-state index contributed by atoms with van der Waals surface area (Å²) in [5, 5.41) is 0.315. The molecule has 1 heterocycles. The lowest BCUT2D eigenvalue weighted by Crippen LogP contribution is -1.94. The summed E-state index contributed by atoms with van der Waals surface area (Å²) in [6.07, 6.45) is 1.83. The number of carbonyl (C=O) groups is 1. The normalized spacial score (nSPS) is 9.80. The lowest BCUT2D eigenvalue weighted by Gasteiger charge is -1.89. The van der Waals surface area contributed by atoms with E-state index in [1.807, 2.05) is 0 Å². The number of furan rings is 1. The third-order valence-corrected chi connectivity index (χ3v) is 1.46. The first-order valence-electron chi connectivity index (χ1n) is 2.91. The Kier molecular flexibility index (Phi) is 2.12. The highest BCUT2D eigenvalue weighted by molar-refractivity contribution is 6.29. The number of rotatable bonds is 2. The van der Waals surface area contributed by atoms with Gasteiger partial charge in [-0.05, 0) is 24.6 Å². The van der Waals surface area contributed by atoms with Crippen LogP contribution in [-0.4, -0.2) is 5.78 Å². The van der Waals surface area contributed by atoms with Gasteiger partial charge in [-0.15, -0.1) is 0 Å². The molecule has 3 heteroatoms. The molecule has 0 aliphatic carbocycles. The summed E-state index contributed by atoms with van der Waals surface area (Å²) < 4.78 is 4.78. The molecule has 0 amide bonds. The van der Waals surface area contributed by atoms with Gasteiger partial charge in [0.1, 0.15) is 5.78 Å². The number of hydrogen-bond acceptors (Lipinski definition) is 2. The van der Waals surface area contributed by atoms with E-state index in [2.05, 4.69) is 0 Å². The minimum atomic E-state index is 0.0864. The summed E-state index contributed by atoms with van der Waals surface area (Å²) in [6, 6.07) is 1.70. The number of halogens is 1.